The fraction of sp³-hybridized carbons (Fsp3) is 0.0417. The van der Waals surface area contributed by atoms with Gasteiger partial charge in [0.05, 0.1) is 0 Å². The Morgan fingerprint density at radius 1 is 0.967 bits per heavy atom. The van der Waals surface area contributed by atoms with E-state index in [1.165, 1.54) is 0 Å². The number of carbonyl (C=O) groups is 1. The second-order valence-electron chi connectivity index (χ2n) is 6.67. The van der Waals surface area contributed by atoms with Crippen molar-refractivity contribution in [2.45, 2.75) is 6.10 Å². The highest BCUT2D eigenvalue weighted by Gasteiger charge is 2.19. The SMILES string of the molecule is O=C(Nc1ccc(Cl)cc1[C@@H](O)c1ccccc1)c1ccc(-c2ccc(Br)cc2)o1. The molecule has 6 heteroatoms. The molecule has 1 aromatic heterocycles. The predicted molar refractivity (Wildman–Crippen MR) is 122 cm³/mol. The Bertz CT molecular complexity index is 1170. The number of furan rings is 1. The second-order valence-corrected chi connectivity index (χ2v) is 8.02. The number of hydrogen-bond acceptors (Lipinski definition) is 3. The number of aliphatic hydroxyl groups is 1. The van der Waals surface area contributed by atoms with Crippen molar-refractivity contribution in [2.24, 2.45) is 0 Å². The molecule has 0 bridgehead atoms. The summed E-state index contributed by atoms with van der Waals surface area (Å²) < 4.78 is 6.70. The zero-order valence-corrected chi connectivity index (χ0v) is 18.0. The minimum atomic E-state index is -0.935. The highest BCUT2D eigenvalue weighted by Crippen LogP contribution is 2.31. The number of rotatable bonds is 5. The minimum absolute atomic E-state index is 0.169. The van der Waals surface area contributed by atoms with Crippen LogP contribution in [0.1, 0.15) is 27.8 Å². The van der Waals surface area contributed by atoms with E-state index in [0.29, 0.717) is 27.6 Å². The van der Waals surface area contributed by atoms with E-state index in [9.17, 15) is 9.90 Å². The van der Waals surface area contributed by atoms with Crippen LogP contribution in [0.4, 0.5) is 5.69 Å². The van der Waals surface area contributed by atoms with Crippen LogP contribution in [0.2, 0.25) is 5.02 Å². The van der Waals surface area contributed by atoms with Crippen molar-refractivity contribution in [3.63, 3.8) is 0 Å². The van der Waals surface area contributed by atoms with Gasteiger partial charge in [0.2, 0.25) is 0 Å². The Kier molecular flexibility index (Phi) is 6.04. The first-order valence-electron chi connectivity index (χ1n) is 9.21. The summed E-state index contributed by atoms with van der Waals surface area (Å²) in [6, 6.07) is 25.1. The molecule has 0 aliphatic heterocycles. The molecule has 0 fully saturated rings. The van der Waals surface area contributed by atoms with E-state index in [0.717, 1.165) is 10.0 Å². The highest BCUT2D eigenvalue weighted by molar-refractivity contribution is 9.10. The number of carbonyl (C=O) groups excluding carboxylic acids is 1. The zero-order chi connectivity index (χ0) is 21.1. The summed E-state index contributed by atoms with van der Waals surface area (Å²) in [6.07, 6.45) is -0.935. The quantitative estimate of drug-likeness (QED) is 0.333. The van der Waals surface area contributed by atoms with Gasteiger partial charge in [0.25, 0.3) is 5.91 Å². The lowest BCUT2D eigenvalue weighted by molar-refractivity contribution is 0.0997. The molecule has 0 saturated heterocycles. The van der Waals surface area contributed by atoms with Crippen molar-refractivity contribution >= 4 is 39.1 Å². The molecular weight excluding hydrogens is 466 g/mol. The first-order valence-corrected chi connectivity index (χ1v) is 10.4. The minimum Gasteiger partial charge on any atom is -0.451 e. The maximum absolute atomic E-state index is 12.8. The van der Waals surface area contributed by atoms with Crippen molar-refractivity contribution in [1.82, 2.24) is 0 Å². The Morgan fingerprint density at radius 3 is 2.43 bits per heavy atom. The van der Waals surface area contributed by atoms with Crippen molar-refractivity contribution in [1.29, 1.82) is 0 Å². The van der Waals surface area contributed by atoms with Crippen LogP contribution >= 0.6 is 27.5 Å². The Labute approximate surface area is 187 Å². The predicted octanol–water partition coefficient (Wildman–Crippen LogP) is 6.70. The first-order chi connectivity index (χ1) is 14.5. The standard InChI is InChI=1S/C24H17BrClNO3/c25-17-8-6-15(7-9-17)21-12-13-22(30-21)24(29)27-20-11-10-18(26)14-19(20)23(28)16-4-2-1-3-5-16/h1-14,23,28H,(H,27,29)/t23-/m0/s1. The van der Waals surface area contributed by atoms with E-state index in [1.807, 2.05) is 54.6 Å². The van der Waals surface area contributed by atoms with E-state index in [2.05, 4.69) is 21.2 Å². The molecular formula is C24H17BrClNO3. The van der Waals surface area contributed by atoms with Gasteiger partial charge < -0.3 is 14.8 Å². The molecule has 0 aliphatic carbocycles. The number of benzene rings is 3. The molecule has 0 spiro atoms. The van der Waals surface area contributed by atoms with Gasteiger partial charge in [-0.2, -0.15) is 0 Å². The lowest BCUT2D eigenvalue weighted by Crippen LogP contribution is -2.14. The van der Waals surface area contributed by atoms with Gasteiger partial charge in [-0.05, 0) is 48.0 Å². The molecule has 4 nitrogen and oxygen atoms in total. The molecule has 1 heterocycles. The summed E-state index contributed by atoms with van der Waals surface area (Å²) >= 11 is 9.54. The Balaban J connectivity index is 1.59. The van der Waals surface area contributed by atoms with Crippen LogP contribution in [0, 0.1) is 0 Å². The third-order valence-corrected chi connectivity index (χ3v) is 5.39. The Morgan fingerprint density at radius 2 is 1.70 bits per heavy atom. The number of hydrogen-bond donors (Lipinski definition) is 2. The van der Waals surface area contributed by atoms with Crippen LogP contribution < -0.4 is 5.32 Å². The largest absolute Gasteiger partial charge is 0.451 e. The van der Waals surface area contributed by atoms with Gasteiger partial charge in [0.1, 0.15) is 11.9 Å². The number of aliphatic hydroxyl groups excluding tert-OH is 1. The summed E-state index contributed by atoms with van der Waals surface area (Å²) in [5.74, 6) is 0.346. The number of amides is 1. The molecule has 150 valence electrons. The first kappa shape index (κ1) is 20.4. The third-order valence-electron chi connectivity index (χ3n) is 4.63. The topological polar surface area (TPSA) is 62.5 Å². The lowest BCUT2D eigenvalue weighted by atomic mass is 10.00. The summed E-state index contributed by atoms with van der Waals surface area (Å²) in [7, 11) is 0. The normalized spacial score (nSPS) is 11.8. The second kappa shape index (κ2) is 8.88. The van der Waals surface area contributed by atoms with Gasteiger partial charge in [-0.25, -0.2) is 0 Å². The van der Waals surface area contributed by atoms with Crippen molar-refractivity contribution in [2.75, 3.05) is 5.32 Å². The van der Waals surface area contributed by atoms with E-state index in [1.54, 1.807) is 30.3 Å². The average molecular weight is 483 g/mol. The summed E-state index contributed by atoms with van der Waals surface area (Å²) in [6.45, 7) is 0. The molecule has 30 heavy (non-hydrogen) atoms. The number of halogens is 2. The molecule has 3 aromatic carbocycles. The Hall–Kier alpha value is -2.86. The molecule has 4 rings (SSSR count). The van der Waals surface area contributed by atoms with Crippen LogP contribution in [-0.2, 0) is 0 Å². The molecule has 0 radical (unpaired) electrons. The highest BCUT2D eigenvalue weighted by atomic mass is 79.9. The van der Waals surface area contributed by atoms with Gasteiger partial charge in [-0.15, -0.1) is 0 Å². The van der Waals surface area contributed by atoms with Gasteiger partial charge in [0.15, 0.2) is 5.76 Å². The smallest absolute Gasteiger partial charge is 0.291 e. The molecule has 1 amide bonds. The van der Waals surface area contributed by atoms with Crippen molar-refractivity contribution < 1.29 is 14.3 Å². The summed E-state index contributed by atoms with van der Waals surface area (Å²) in [5, 5.41) is 14.1. The van der Waals surface area contributed by atoms with Crippen LogP contribution in [0.15, 0.2) is 93.8 Å². The third kappa shape index (κ3) is 4.49. The van der Waals surface area contributed by atoms with E-state index in [4.69, 9.17) is 16.0 Å². The maximum atomic E-state index is 12.8. The monoisotopic (exact) mass is 481 g/mol. The molecule has 0 saturated carbocycles. The fourth-order valence-electron chi connectivity index (χ4n) is 3.10. The fourth-order valence-corrected chi connectivity index (χ4v) is 3.55. The summed E-state index contributed by atoms with van der Waals surface area (Å²) in [5.41, 5.74) is 2.53. The van der Waals surface area contributed by atoms with Gasteiger partial charge >= 0.3 is 0 Å². The number of nitrogens with one attached hydrogen (secondary N) is 1. The van der Waals surface area contributed by atoms with Gasteiger partial charge in [-0.3, -0.25) is 4.79 Å². The zero-order valence-electron chi connectivity index (χ0n) is 15.7. The van der Waals surface area contributed by atoms with Crippen LogP contribution in [0.25, 0.3) is 11.3 Å². The van der Waals surface area contributed by atoms with E-state index in [-0.39, 0.29) is 5.76 Å². The van der Waals surface area contributed by atoms with Gasteiger partial charge in [-0.1, -0.05) is 70.0 Å². The van der Waals surface area contributed by atoms with Crippen LogP contribution in [-0.4, -0.2) is 11.0 Å². The molecule has 0 unspecified atom stereocenters. The maximum Gasteiger partial charge on any atom is 0.291 e. The van der Waals surface area contributed by atoms with Crippen molar-refractivity contribution in [3.05, 3.63) is 111 Å². The van der Waals surface area contributed by atoms with Crippen LogP contribution in [0.5, 0.6) is 0 Å². The summed E-state index contributed by atoms with van der Waals surface area (Å²) in [4.78, 5) is 12.8. The van der Waals surface area contributed by atoms with Crippen LogP contribution in [0.3, 0.4) is 0 Å². The molecule has 1 atom stereocenters. The molecule has 2 N–H and O–H groups in total. The van der Waals surface area contributed by atoms with Gasteiger partial charge in [0, 0.05) is 26.3 Å². The molecule has 4 aromatic rings. The lowest BCUT2D eigenvalue weighted by Gasteiger charge is -2.17. The number of anilines is 1. The van der Waals surface area contributed by atoms with E-state index < -0.39 is 12.0 Å². The average Bonchev–Trinajstić information content (AvgIpc) is 3.26. The molecule has 0 aliphatic rings. The van der Waals surface area contributed by atoms with Crippen molar-refractivity contribution in [3.8, 4) is 11.3 Å². The van der Waals surface area contributed by atoms with E-state index >= 15 is 0 Å².